The van der Waals surface area contributed by atoms with Crippen molar-refractivity contribution >= 4 is 35.3 Å². The van der Waals surface area contributed by atoms with Crippen molar-refractivity contribution in [1.82, 2.24) is 40.2 Å². The lowest BCUT2D eigenvalue weighted by Crippen LogP contribution is -2.52. The molecule has 3 aromatic rings. The minimum absolute atomic E-state index is 0.100. The lowest BCUT2D eigenvalue weighted by Gasteiger charge is -2.33. The fourth-order valence-corrected chi connectivity index (χ4v) is 8.94. The summed E-state index contributed by atoms with van der Waals surface area (Å²) >= 11 is 6.58. The van der Waals surface area contributed by atoms with Gasteiger partial charge in [-0.1, -0.05) is 17.7 Å². The third-order valence-electron chi connectivity index (χ3n) is 12.1. The summed E-state index contributed by atoms with van der Waals surface area (Å²) in [5.74, 6) is -0.00366. The van der Waals surface area contributed by atoms with Gasteiger partial charge < -0.3 is 20.4 Å². The Morgan fingerprint density at radius 2 is 1.74 bits per heavy atom. The van der Waals surface area contributed by atoms with Crippen LogP contribution in [0.4, 0.5) is 10.3 Å². The molecular weight excluding hydrogens is 697 g/mol. The first-order valence-corrected chi connectivity index (χ1v) is 19.8. The third kappa shape index (κ3) is 7.98. The van der Waals surface area contributed by atoms with Crippen molar-refractivity contribution in [3.8, 4) is 11.3 Å². The minimum Gasteiger partial charge on any atom is -0.351 e. The summed E-state index contributed by atoms with van der Waals surface area (Å²) in [7, 11) is 1.99. The molecule has 53 heavy (non-hydrogen) atoms. The van der Waals surface area contributed by atoms with Gasteiger partial charge >= 0.3 is 0 Å². The van der Waals surface area contributed by atoms with Gasteiger partial charge in [0.2, 0.25) is 17.8 Å². The first-order valence-electron chi connectivity index (χ1n) is 19.4. The second kappa shape index (κ2) is 15.4. The van der Waals surface area contributed by atoms with E-state index in [-0.39, 0.29) is 36.5 Å². The monoisotopic (exact) mass is 745 g/mol. The molecule has 2 saturated carbocycles. The van der Waals surface area contributed by atoms with Gasteiger partial charge in [-0.15, -0.1) is 0 Å². The molecule has 12 nitrogen and oxygen atoms in total. The Morgan fingerprint density at radius 1 is 0.962 bits per heavy atom. The molecule has 0 spiro atoms. The molecule has 2 aliphatic carbocycles. The molecule has 282 valence electrons. The van der Waals surface area contributed by atoms with Gasteiger partial charge in [-0.05, 0) is 126 Å². The molecule has 3 amide bonds. The third-order valence-corrected chi connectivity index (χ3v) is 12.3. The van der Waals surface area contributed by atoms with Crippen LogP contribution in [0.25, 0.3) is 11.3 Å². The largest absolute Gasteiger partial charge is 0.351 e. The van der Waals surface area contributed by atoms with Gasteiger partial charge in [0.05, 0.1) is 23.1 Å². The van der Waals surface area contributed by atoms with Crippen molar-refractivity contribution in [2.75, 3.05) is 31.5 Å². The minimum atomic E-state index is -0.698. The average molecular weight is 746 g/mol. The molecule has 8 rings (SSSR count). The summed E-state index contributed by atoms with van der Waals surface area (Å²) in [6, 6.07) is 3.33. The van der Waals surface area contributed by atoms with Crippen LogP contribution in [0, 0.1) is 11.7 Å². The number of hydrogen-bond acceptors (Lipinski definition) is 9. The lowest BCUT2D eigenvalue weighted by molar-refractivity contribution is -0.136. The maximum Gasteiger partial charge on any atom is 0.255 e. The van der Waals surface area contributed by atoms with Crippen molar-refractivity contribution in [3.63, 3.8) is 0 Å². The molecule has 0 radical (unpaired) electrons. The predicted molar refractivity (Wildman–Crippen MR) is 199 cm³/mol. The molecule has 1 atom stereocenters. The van der Waals surface area contributed by atoms with E-state index in [0.29, 0.717) is 40.6 Å². The van der Waals surface area contributed by atoms with E-state index < -0.39 is 11.9 Å². The summed E-state index contributed by atoms with van der Waals surface area (Å²) < 4.78 is 17.3. The van der Waals surface area contributed by atoms with Crippen molar-refractivity contribution in [1.29, 1.82) is 0 Å². The number of halogens is 2. The Balaban J connectivity index is 0.753. The van der Waals surface area contributed by atoms with Crippen LogP contribution in [0.15, 0.2) is 24.5 Å². The molecule has 2 aromatic heterocycles. The van der Waals surface area contributed by atoms with Crippen molar-refractivity contribution in [2.24, 2.45) is 13.0 Å². The predicted octanol–water partition coefficient (Wildman–Crippen LogP) is 4.97. The second-order valence-electron chi connectivity index (χ2n) is 15.7. The molecule has 1 aromatic carbocycles. The number of piperidine rings is 2. The summed E-state index contributed by atoms with van der Waals surface area (Å²) in [6.45, 7) is 4.07. The Bertz CT molecular complexity index is 1870. The number of imide groups is 1. The van der Waals surface area contributed by atoms with E-state index in [1.165, 1.54) is 29.5 Å². The van der Waals surface area contributed by atoms with Gasteiger partial charge in [0, 0.05) is 48.9 Å². The maximum absolute atomic E-state index is 15.4. The Labute approximate surface area is 314 Å². The molecule has 5 aliphatic rings. The van der Waals surface area contributed by atoms with Crippen LogP contribution < -0.4 is 16.0 Å². The normalized spacial score (nSPS) is 24.1. The molecule has 14 heteroatoms. The standard InChI is InChI=1S/C39H49ClFN9O3/c1-48-34(17-23-3-4-23)30(20-44-48)36-31(40)21-43-39(47-36)45-27-7-5-26(6-8-27)42-13-2-14-49-15-11-24(12-16-49)28-18-25-22-50(38(53)29(25)19-32(28)41)33-9-10-35(51)46-37(33)52/h18-21,23-24,26-27,33,42H,2-17,22H2,1H3,(H,43,45,47)(H,46,51,52). The van der Waals surface area contributed by atoms with Crippen LogP contribution in [0.3, 0.4) is 0 Å². The Kier molecular flexibility index (Phi) is 10.5. The number of nitrogens with zero attached hydrogens (tertiary/aromatic N) is 6. The number of carbonyl (C=O) groups excluding carboxylic acids is 3. The number of nitrogens with one attached hydrogen (secondary N) is 3. The van der Waals surface area contributed by atoms with Gasteiger partial charge in [0.1, 0.15) is 11.9 Å². The highest BCUT2D eigenvalue weighted by Gasteiger charge is 2.40. The molecule has 4 fully saturated rings. The van der Waals surface area contributed by atoms with E-state index in [4.69, 9.17) is 16.6 Å². The second-order valence-corrected chi connectivity index (χ2v) is 16.1. The van der Waals surface area contributed by atoms with Crippen molar-refractivity contribution in [2.45, 2.75) is 108 Å². The zero-order chi connectivity index (χ0) is 36.6. The summed E-state index contributed by atoms with van der Waals surface area (Å²) in [5.41, 5.74) is 4.70. The molecule has 1 unspecified atom stereocenters. The zero-order valence-corrected chi connectivity index (χ0v) is 31.1. The highest BCUT2D eigenvalue weighted by molar-refractivity contribution is 6.33. The number of fused-ring (bicyclic) bond motifs is 1. The first-order chi connectivity index (χ1) is 25.7. The maximum atomic E-state index is 15.4. The number of carbonyl (C=O) groups is 3. The smallest absolute Gasteiger partial charge is 0.255 e. The highest BCUT2D eigenvalue weighted by Crippen LogP contribution is 2.38. The van der Waals surface area contributed by atoms with E-state index in [0.717, 1.165) is 100 Å². The first kappa shape index (κ1) is 36.1. The summed E-state index contributed by atoms with van der Waals surface area (Å²) in [4.78, 5) is 50.4. The van der Waals surface area contributed by atoms with Gasteiger partial charge in [-0.3, -0.25) is 24.4 Å². The number of likely N-dealkylation sites (tertiary alicyclic amines) is 1. The summed E-state index contributed by atoms with van der Waals surface area (Å²) in [6.07, 6.45) is 14.7. The molecule has 5 heterocycles. The zero-order valence-electron chi connectivity index (χ0n) is 30.4. The van der Waals surface area contributed by atoms with Crippen LogP contribution in [0.1, 0.15) is 104 Å². The summed E-state index contributed by atoms with van der Waals surface area (Å²) in [5, 5.41) is 14.7. The number of anilines is 1. The van der Waals surface area contributed by atoms with Crippen LogP contribution in [0.2, 0.25) is 5.02 Å². The quantitative estimate of drug-likeness (QED) is 0.174. The van der Waals surface area contributed by atoms with E-state index in [1.54, 1.807) is 6.20 Å². The van der Waals surface area contributed by atoms with Crippen LogP contribution in [-0.2, 0) is 29.6 Å². The highest BCUT2D eigenvalue weighted by atomic mass is 35.5. The van der Waals surface area contributed by atoms with Crippen LogP contribution in [-0.4, -0.2) is 91.6 Å². The molecule has 3 aliphatic heterocycles. The molecule has 0 bridgehead atoms. The fraction of sp³-hybridized carbons (Fsp3) is 0.590. The topological polar surface area (TPSA) is 137 Å². The van der Waals surface area contributed by atoms with E-state index in [9.17, 15) is 14.4 Å². The van der Waals surface area contributed by atoms with Gasteiger partial charge in [0.25, 0.3) is 5.91 Å². The number of benzene rings is 1. The SMILES string of the molecule is Cn1ncc(-c2nc(NC3CCC(NCCCN4CCC(c5cc6c(cc5F)C(=O)N(C5CCC(=O)NC5=O)C6)CC4)CC3)ncc2Cl)c1CC1CC1. The van der Waals surface area contributed by atoms with Crippen LogP contribution >= 0.6 is 11.6 Å². The van der Waals surface area contributed by atoms with Gasteiger partial charge in [-0.25, -0.2) is 14.4 Å². The number of rotatable bonds is 12. The lowest BCUT2D eigenvalue weighted by atomic mass is 9.87. The number of aromatic nitrogens is 4. The van der Waals surface area contributed by atoms with E-state index in [2.05, 4.69) is 30.9 Å². The van der Waals surface area contributed by atoms with E-state index >= 15 is 4.39 Å². The van der Waals surface area contributed by atoms with Gasteiger partial charge in [-0.2, -0.15) is 5.10 Å². The molecule has 2 saturated heterocycles. The number of hydrogen-bond donors (Lipinski definition) is 3. The van der Waals surface area contributed by atoms with Crippen molar-refractivity contribution in [3.05, 3.63) is 57.8 Å². The molecule has 3 N–H and O–H groups in total. The Hall–Kier alpha value is -3.94. The van der Waals surface area contributed by atoms with Crippen LogP contribution in [0.5, 0.6) is 0 Å². The average Bonchev–Trinajstić information content (AvgIpc) is 3.84. The molecular formula is C39H49ClFN9O3. The Morgan fingerprint density at radius 3 is 2.49 bits per heavy atom. The number of amides is 3. The fourth-order valence-electron chi connectivity index (χ4n) is 8.75. The van der Waals surface area contributed by atoms with Crippen molar-refractivity contribution < 1.29 is 18.8 Å². The van der Waals surface area contributed by atoms with Gasteiger partial charge in [0.15, 0.2) is 0 Å². The number of aryl methyl sites for hydroxylation is 1. The van der Waals surface area contributed by atoms with E-state index in [1.807, 2.05) is 24.0 Å².